The van der Waals surface area contributed by atoms with E-state index in [2.05, 4.69) is 10.3 Å². The minimum atomic E-state index is -0.592. The summed E-state index contributed by atoms with van der Waals surface area (Å²) in [6, 6.07) is 10.7. The molecule has 1 amide bonds. The van der Waals surface area contributed by atoms with Crippen LogP contribution in [0.15, 0.2) is 48.8 Å². The molecule has 0 fully saturated rings. The van der Waals surface area contributed by atoms with E-state index >= 15 is 0 Å². The molecule has 2 rings (SSSR count). The number of nitrogens with one attached hydrogen (secondary N) is 1. The molecule has 4 heteroatoms. The molecule has 1 heterocycles. The number of Topliss-reactive ketones (excluding diaryl/α,β-unsaturated/α-hetero) is 1. The second-order valence-corrected chi connectivity index (χ2v) is 4.42. The zero-order valence-corrected chi connectivity index (χ0v) is 11.3. The fraction of sp³-hybridized carbons (Fsp3) is 0.188. The number of amides is 1. The number of aromatic nitrogens is 1. The number of rotatable bonds is 5. The van der Waals surface area contributed by atoms with Crippen molar-refractivity contribution in [2.75, 3.05) is 0 Å². The first-order valence-electron chi connectivity index (χ1n) is 6.51. The highest BCUT2D eigenvalue weighted by Crippen LogP contribution is 2.06. The maximum absolute atomic E-state index is 11.9. The Hall–Kier alpha value is -2.49. The average Bonchev–Trinajstić information content (AvgIpc) is 2.53. The molecule has 0 unspecified atom stereocenters. The van der Waals surface area contributed by atoms with Crippen LogP contribution in [0.4, 0.5) is 0 Å². The third-order valence-corrected chi connectivity index (χ3v) is 3.03. The van der Waals surface area contributed by atoms with Crippen molar-refractivity contribution in [3.8, 4) is 0 Å². The van der Waals surface area contributed by atoms with Crippen molar-refractivity contribution in [2.24, 2.45) is 0 Å². The van der Waals surface area contributed by atoms with Crippen LogP contribution in [0.25, 0.3) is 0 Å². The predicted molar refractivity (Wildman–Crippen MR) is 76.2 cm³/mol. The lowest BCUT2D eigenvalue weighted by Crippen LogP contribution is -2.30. The molecule has 4 nitrogen and oxygen atoms in total. The highest BCUT2D eigenvalue weighted by Gasteiger charge is 2.15. The van der Waals surface area contributed by atoms with Crippen LogP contribution in [0.1, 0.15) is 28.4 Å². The smallest absolute Gasteiger partial charge is 0.292 e. The van der Waals surface area contributed by atoms with Gasteiger partial charge in [0.1, 0.15) is 0 Å². The number of carbonyl (C=O) groups excluding carboxylic acids is 2. The number of nitrogens with zero attached hydrogens (tertiary/aromatic N) is 1. The third-order valence-electron chi connectivity index (χ3n) is 3.03. The minimum Gasteiger partial charge on any atom is -0.345 e. The highest BCUT2D eigenvalue weighted by atomic mass is 16.2. The zero-order chi connectivity index (χ0) is 14.4. The van der Waals surface area contributed by atoms with Gasteiger partial charge in [-0.15, -0.1) is 0 Å². The Kier molecular flexibility index (Phi) is 4.60. The zero-order valence-electron chi connectivity index (χ0n) is 11.3. The Bertz CT molecular complexity index is 592. The van der Waals surface area contributed by atoms with Gasteiger partial charge in [0.15, 0.2) is 0 Å². The van der Waals surface area contributed by atoms with Gasteiger partial charge < -0.3 is 5.32 Å². The lowest BCUT2D eigenvalue weighted by atomic mass is 10.1. The summed E-state index contributed by atoms with van der Waals surface area (Å²) < 4.78 is 0. The van der Waals surface area contributed by atoms with Gasteiger partial charge in [-0.25, -0.2) is 0 Å². The second kappa shape index (κ2) is 6.61. The predicted octanol–water partition coefficient (Wildman–Crippen LogP) is 2.14. The second-order valence-electron chi connectivity index (χ2n) is 4.42. The number of ketones is 1. The summed E-state index contributed by atoms with van der Waals surface area (Å²) in [6.07, 6.45) is 4.20. The molecule has 0 radical (unpaired) electrons. The maximum Gasteiger partial charge on any atom is 0.292 e. The average molecular weight is 268 g/mol. The Morgan fingerprint density at radius 3 is 2.25 bits per heavy atom. The molecule has 20 heavy (non-hydrogen) atoms. The van der Waals surface area contributed by atoms with E-state index < -0.39 is 11.7 Å². The van der Waals surface area contributed by atoms with Gasteiger partial charge in [-0.1, -0.05) is 31.2 Å². The lowest BCUT2D eigenvalue weighted by molar-refractivity contribution is -0.117. The van der Waals surface area contributed by atoms with E-state index in [9.17, 15) is 9.59 Å². The van der Waals surface area contributed by atoms with Crippen LogP contribution >= 0.6 is 0 Å². The number of benzene rings is 1. The summed E-state index contributed by atoms with van der Waals surface area (Å²) >= 11 is 0. The molecule has 102 valence electrons. The van der Waals surface area contributed by atoms with Gasteiger partial charge in [-0.2, -0.15) is 0 Å². The largest absolute Gasteiger partial charge is 0.345 e. The number of hydrogen-bond acceptors (Lipinski definition) is 3. The molecule has 0 spiro atoms. The molecule has 0 saturated heterocycles. The Morgan fingerprint density at radius 2 is 1.65 bits per heavy atom. The molecule has 1 aromatic carbocycles. The monoisotopic (exact) mass is 268 g/mol. The van der Waals surface area contributed by atoms with Gasteiger partial charge in [0.2, 0.25) is 5.78 Å². The van der Waals surface area contributed by atoms with E-state index in [1.54, 1.807) is 36.7 Å². The number of aryl methyl sites for hydroxylation is 1. The van der Waals surface area contributed by atoms with Crippen molar-refractivity contribution >= 4 is 11.7 Å². The van der Waals surface area contributed by atoms with Gasteiger partial charge in [0.25, 0.3) is 5.91 Å². The lowest BCUT2D eigenvalue weighted by Gasteiger charge is -2.05. The highest BCUT2D eigenvalue weighted by molar-refractivity contribution is 6.42. The standard InChI is InChI=1S/C16H16N2O2/c1-2-12-3-5-14(6-4-12)15(19)16(20)18-11-13-7-9-17-10-8-13/h3-10H,2,11H2,1H3,(H,18,20). The first kappa shape index (κ1) is 13.9. The van der Waals surface area contributed by atoms with Crippen molar-refractivity contribution in [1.82, 2.24) is 10.3 Å². The fourth-order valence-electron chi connectivity index (χ4n) is 1.79. The van der Waals surface area contributed by atoms with E-state index in [-0.39, 0.29) is 0 Å². The van der Waals surface area contributed by atoms with Gasteiger partial charge in [-0.3, -0.25) is 14.6 Å². The fourth-order valence-corrected chi connectivity index (χ4v) is 1.79. The molecule has 0 aliphatic heterocycles. The van der Waals surface area contributed by atoms with E-state index in [4.69, 9.17) is 0 Å². The maximum atomic E-state index is 11.9. The Labute approximate surface area is 117 Å². The van der Waals surface area contributed by atoms with Crippen LogP contribution in [0, 0.1) is 0 Å². The number of carbonyl (C=O) groups is 2. The van der Waals surface area contributed by atoms with Crippen molar-refractivity contribution < 1.29 is 9.59 Å². The molecule has 0 aliphatic rings. The summed E-state index contributed by atoms with van der Waals surface area (Å²) in [5.41, 5.74) is 2.45. The van der Waals surface area contributed by atoms with E-state index in [1.807, 2.05) is 19.1 Å². The van der Waals surface area contributed by atoms with Crippen molar-refractivity contribution in [1.29, 1.82) is 0 Å². The molecule has 0 atom stereocenters. The molecular weight excluding hydrogens is 252 g/mol. The topological polar surface area (TPSA) is 59.1 Å². The van der Waals surface area contributed by atoms with E-state index in [0.29, 0.717) is 12.1 Å². The van der Waals surface area contributed by atoms with Crippen LogP contribution in [-0.4, -0.2) is 16.7 Å². The van der Waals surface area contributed by atoms with Crippen LogP contribution < -0.4 is 5.32 Å². The van der Waals surface area contributed by atoms with Crippen molar-refractivity contribution in [3.05, 3.63) is 65.5 Å². The molecule has 0 aliphatic carbocycles. The number of pyridine rings is 1. The number of hydrogen-bond donors (Lipinski definition) is 1. The first-order chi connectivity index (χ1) is 9.70. The molecule has 0 saturated carbocycles. The van der Waals surface area contributed by atoms with Crippen LogP contribution in [-0.2, 0) is 17.8 Å². The third kappa shape index (κ3) is 3.51. The van der Waals surface area contributed by atoms with Crippen LogP contribution in [0.3, 0.4) is 0 Å². The van der Waals surface area contributed by atoms with Gasteiger partial charge in [0, 0.05) is 24.5 Å². The minimum absolute atomic E-state index is 0.320. The molecule has 0 bridgehead atoms. The Balaban J connectivity index is 1.96. The summed E-state index contributed by atoms with van der Waals surface area (Å²) in [5.74, 6) is -1.10. The molecule has 1 aromatic heterocycles. The summed E-state index contributed by atoms with van der Waals surface area (Å²) in [4.78, 5) is 27.6. The summed E-state index contributed by atoms with van der Waals surface area (Å²) in [6.45, 7) is 2.36. The summed E-state index contributed by atoms with van der Waals surface area (Å²) in [5, 5.41) is 2.61. The quantitative estimate of drug-likeness (QED) is 0.667. The van der Waals surface area contributed by atoms with Gasteiger partial charge in [0.05, 0.1) is 0 Å². The van der Waals surface area contributed by atoms with E-state index in [0.717, 1.165) is 17.5 Å². The summed E-state index contributed by atoms with van der Waals surface area (Å²) in [7, 11) is 0. The normalized spacial score (nSPS) is 10.1. The van der Waals surface area contributed by atoms with Crippen molar-refractivity contribution in [2.45, 2.75) is 19.9 Å². The van der Waals surface area contributed by atoms with Gasteiger partial charge in [-0.05, 0) is 29.7 Å². The molecular formula is C16H16N2O2. The Morgan fingerprint density at radius 1 is 1.00 bits per heavy atom. The van der Waals surface area contributed by atoms with Crippen molar-refractivity contribution in [3.63, 3.8) is 0 Å². The van der Waals surface area contributed by atoms with E-state index in [1.165, 1.54) is 0 Å². The van der Waals surface area contributed by atoms with Crippen LogP contribution in [0.2, 0.25) is 0 Å². The molecule has 2 aromatic rings. The first-order valence-corrected chi connectivity index (χ1v) is 6.51. The molecule has 1 N–H and O–H groups in total. The SMILES string of the molecule is CCc1ccc(C(=O)C(=O)NCc2ccncc2)cc1. The van der Waals surface area contributed by atoms with Crippen LogP contribution in [0.5, 0.6) is 0 Å². The van der Waals surface area contributed by atoms with Gasteiger partial charge >= 0.3 is 0 Å².